The van der Waals surface area contributed by atoms with Crippen LogP contribution in [0.25, 0.3) is 0 Å². The summed E-state index contributed by atoms with van der Waals surface area (Å²) in [4.78, 5) is 14.8. The molecule has 2 nitrogen and oxygen atoms in total. The highest BCUT2D eigenvalue weighted by atomic mass is 32.2. The first kappa shape index (κ1) is 15.6. The van der Waals surface area contributed by atoms with E-state index in [-0.39, 0.29) is 11.7 Å². The molecule has 0 aliphatic carbocycles. The van der Waals surface area contributed by atoms with E-state index < -0.39 is 0 Å². The minimum Gasteiger partial charge on any atom is -0.303 e. The van der Waals surface area contributed by atoms with Gasteiger partial charge in [-0.05, 0) is 25.9 Å². The van der Waals surface area contributed by atoms with E-state index in [0.29, 0.717) is 0 Å². The summed E-state index contributed by atoms with van der Waals surface area (Å²) in [7, 11) is 0. The van der Waals surface area contributed by atoms with Crippen LogP contribution >= 0.6 is 11.8 Å². The van der Waals surface area contributed by atoms with Gasteiger partial charge >= 0.3 is 0 Å². The molecule has 1 saturated heterocycles. The van der Waals surface area contributed by atoms with Crippen molar-refractivity contribution in [2.75, 3.05) is 31.1 Å². The Morgan fingerprint density at radius 3 is 2.60 bits per heavy atom. The van der Waals surface area contributed by atoms with Gasteiger partial charge in [0.2, 0.25) is 0 Å². The molecule has 1 aromatic rings. The lowest BCUT2D eigenvalue weighted by Crippen LogP contribution is -2.31. The number of hydrogen-bond donors (Lipinski definition) is 0. The van der Waals surface area contributed by atoms with E-state index in [1.54, 1.807) is 0 Å². The Bertz CT molecular complexity index is 401. The summed E-state index contributed by atoms with van der Waals surface area (Å²) in [6.45, 7) is 5.75. The number of nitrogens with zero attached hydrogens (tertiary/aromatic N) is 1. The molecule has 0 saturated carbocycles. The molecule has 3 heteroatoms. The van der Waals surface area contributed by atoms with Gasteiger partial charge in [0.1, 0.15) is 0 Å². The summed E-state index contributed by atoms with van der Waals surface area (Å²) in [5, 5.41) is 0. The maximum absolute atomic E-state index is 12.2. The SMILES string of the molecule is CC(CSCCN1CCCCC1)C(=O)c1ccccc1. The van der Waals surface area contributed by atoms with Crippen LogP contribution in [-0.2, 0) is 0 Å². The van der Waals surface area contributed by atoms with Crippen LogP contribution in [0.1, 0.15) is 36.5 Å². The van der Waals surface area contributed by atoms with Crippen LogP contribution in [0.3, 0.4) is 0 Å². The van der Waals surface area contributed by atoms with E-state index in [1.807, 2.05) is 49.0 Å². The highest BCUT2D eigenvalue weighted by Gasteiger charge is 2.15. The second kappa shape index (κ2) is 8.48. The van der Waals surface area contributed by atoms with Crippen molar-refractivity contribution in [3.63, 3.8) is 0 Å². The average Bonchev–Trinajstić information content (AvgIpc) is 2.52. The monoisotopic (exact) mass is 291 g/mol. The van der Waals surface area contributed by atoms with Crippen molar-refractivity contribution >= 4 is 17.5 Å². The second-order valence-electron chi connectivity index (χ2n) is 5.61. The number of carbonyl (C=O) groups excluding carboxylic acids is 1. The fourth-order valence-corrected chi connectivity index (χ4v) is 3.66. The van der Waals surface area contributed by atoms with Gasteiger partial charge in [-0.1, -0.05) is 43.7 Å². The highest BCUT2D eigenvalue weighted by molar-refractivity contribution is 7.99. The van der Waals surface area contributed by atoms with Crippen molar-refractivity contribution < 1.29 is 4.79 Å². The van der Waals surface area contributed by atoms with Gasteiger partial charge in [-0.15, -0.1) is 0 Å². The lowest BCUT2D eigenvalue weighted by molar-refractivity contribution is 0.0942. The maximum Gasteiger partial charge on any atom is 0.166 e. The van der Waals surface area contributed by atoms with Crippen molar-refractivity contribution in [2.45, 2.75) is 26.2 Å². The van der Waals surface area contributed by atoms with Gasteiger partial charge in [0.15, 0.2) is 5.78 Å². The molecule has 1 aliphatic heterocycles. The number of rotatable bonds is 7. The largest absolute Gasteiger partial charge is 0.303 e. The fourth-order valence-electron chi connectivity index (χ4n) is 2.60. The first-order valence-electron chi connectivity index (χ1n) is 7.67. The maximum atomic E-state index is 12.2. The van der Waals surface area contributed by atoms with Gasteiger partial charge in [-0.2, -0.15) is 11.8 Å². The van der Waals surface area contributed by atoms with Crippen LogP contribution in [0.2, 0.25) is 0 Å². The summed E-state index contributed by atoms with van der Waals surface area (Å²) >= 11 is 1.92. The molecule has 0 radical (unpaired) electrons. The standard InChI is InChI=1S/C17H25NOS/c1-15(17(19)16-8-4-2-5-9-16)14-20-13-12-18-10-6-3-7-11-18/h2,4-5,8-9,15H,3,6-7,10-14H2,1H3. The third kappa shape index (κ3) is 4.95. The van der Waals surface area contributed by atoms with Gasteiger partial charge in [0.05, 0.1) is 0 Å². The molecule has 1 heterocycles. The Labute approximate surface area is 126 Å². The molecule has 2 rings (SSSR count). The predicted molar refractivity (Wildman–Crippen MR) is 87.6 cm³/mol. The van der Waals surface area contributed by atoms with Crippen LogP contribution in [0, 0.1) is 5.92 Å². The van der Waals surface area contributed by atoms with E-state index in [4.69, 9.17) is 0 Å². The molecule has 110 valence electrons. The van der Waals surface area contributed by atoms with Crippen molar-refractivity contribution in [2.24, 2.45) is 5.92 Å². The zero-order valence-electron chi connectivity index (χ0n) is 12.4. The molecular formula is C17H25NOS. The Morgan fingerprint density at radius 1 is 1.20 bits per heavy atom. The van der Waals surface area contributed by atoms with Gasteiger partial charge in [-0.25, -0.2) is 0 Å². The molecule has 1 unspecified atom stereocenters. The topological polar surface area (TPSA) is 20.3 Å². The molecule has 0 bridgehead atoms. The van der Waals surface area contributed by atoms with E-state index in [2.05, 4.69) is 4.90 Å². The van der Waals surface area contributed by atoms with Crippen LogP contribution < -0.4 is 0 Å². The Kier molecular flexibility index (Phi) is 6.61. The van der Waals surface area contributed by atoms with E-state index in [1.165, 1.54) is 38.9 Å². The van der Waals surface area contributed by atoms with Gasteiger partial charge in [0.25, 0.3) is 0 Å². The van der Waals surface area contributed by atoms with Crippen LogP contribution in [0.15, 0.2) is 30.3 Å². The van der Waals surface area contributed by atoms with E-state index in [9.17, 15) is 4.79 Å². The summed E-state index contributed by atoms with van der Waals surface area (Å²) < 4.78 is 0. The normalized spacial score (nSPS) is 17.9. The van der Waals surface area contributed by atoms with E-state index >= 15 is 0 Å². The third-order valence-corrected chi connectivity index (χ3v) is 5.08. The number of benzene rings is 1. The summed E-state index contributed by atoms with van der Waals surface area (Å²) in [6, 6.07) is 9.65. The van der Waals surface area contributed by atoms with Crippen LogP contribution in [-0.4, -0.2) is 41.8 Å². The first-order chi connectivity index (χ1) is 9.77. The Hall–Kier alpha value is -0.800. The fraction of sp³-hybridized carbons (Fsp3) is 0.588. The number of thioether (sulfide) groups is 1. The van der Waals surface area contributed by atoms with Crippen molar-refractivity contribution in [1.29, 1.82) is 0 Å². The summed E-state index contributed by atoms with van der Waals surface area (Å²) in [5.41, 5.74) is 0.844. The molecule has 0 aromatic heterocycles. The zero-order valence-corrected chi connectivity index (χ0v) is 13.2. The number of carbonyl (C=O) groups is 1. The molecule has 0 spiro atoms. The summed E-state index contributed by atoms with van der Waals surface area (Å²) in [5.74, 6) is 2.47. The smallest absolute Gasteiger partial charge is 0.166 e. The second-order valence-corrected chi connectivity index (χ2v) is 6.76. The number of hydrogen-bond acceptors (Lipinski definition) is 3. The number of ketones is 1. The minimum absolute atomic E-state index is 0.115. The molecule has 0 N–H and O–H groups in total. The summed E-state index contributed by atoms with van der Waals surface area (Å²) in [6.07, 6.45) is 4.10. The molecule has 1 aromatic carbocycles. The van der Waals surface area contributed by atoms with Gasteiger partial charge in [0, 0.05) is 29.5 Å². The molecule has 1 atom stereocenters. The number of Topliss-reactive ketones (excluding diaryl/α,β-unsaturated/α-hetero) is 1. The van der Waals surface area contributed by atoms with E-state index in [0.717, 1.165) is 17.1 Å². The molecular weight excluding hydrogens is 266 g/mol. The average molecular weight is 291 g/mol. The van der Waals surface area contributed by atoms with Gasteiger partial charge < -0.3 is 4.90 Å². The van der Waals surface area contributed by atoms with Crippen molar-refractivity contribution in [1.82, 2.24) is 4.90 Å². The lowest BCUT2D eigenvalue weighted by atomic mass is 10.0. The molecule has 1 aliphatic rings. The number of piperidine rings is 1. The van der Waals surface area contributed by atoms with Crippen molar-refractivity contribution in [3.05, 3.63) is 35.9 Å². The van der Waals surface area contributed by atoms with Crippen LogP contribution in [0.5, 0.6) is 0 Å². The first-order valence-corrected chi connectivity index (χ1v) is 8.82. The third-order valence-electron chi connectivity index (χ3n) is 3.87. The predicted octanol–water partition coefficient (Wildman–Crippen LogP) is 3.72. The highest BCUT2D eigenvalue weighted by Crippen LogP contribution is 2.15. The Balaban J connectivity index is 1.64. The molecule has 0 amide bonds. The minimum atomic E-state index is 0.115. The van der Waals surface area contributed by atoms with Crippen LogP contribution in [0.4, 0.5) is 0 Å². The van der Waals surface area contributed by atoms with Crippen molar-refractivity contribution in [3.8, 4) is 0 Å². The quantitative estimate of drug-likeness (QED) is 0.564. The number of likely N-dealkylation sites (tertiary alicyclic amines) is 1. The zero-order chi connectivity index (χ0) is 14.2. The Morgan fingerprint density at radius 2 is 1.90 bits per heavy atom. The molecule has 20 heavy (non-hydrogen) atoms. The van der Waals surface area contributed by atoms with Gasteiger partial charge in [-0.3, -0.25) is 4.79 Å². The molecule has 1 fully saturated rings. The lowest BCUT2D eigenvalue weighted by Gasteiger charge is -2.26.